The number of hydrogen-bond acceptors (Lipinski definition) is 3. The first kappa shape index (κ1) is 18.6. The van der Waals surface area contributed by atoms with Crippen LogP contribution in [-0.4, -0.2) is 34.8 Å². The summed E-state index contributed by atoms with van der Waals surface area (Å²) < 4.78 is 13.2. The molecule has 1 aromatic heterocycles. The summed E-state index contributed by atoms with van der Waals surface area (Å²) >= 11 is 0. The smallest absolute Gasteiger partial charge is 0.254 e. The van der Waals surface area contributed by atoms with Crippen molar-refractivity contribution in [1.82, 2.24) is 9.88 Å². The molecule has 0 radical (unpaired) electrons. The molecule has 2 heterocycles. The first-order valence-corrected chi connectivity index (χ1v) is 9.83. The van der Waals surface area contributed by atoms with Crippen molar-refractivity contribution in [2.75, 3.05) is 18.4 Å². The van der Waals surface area contributed by atoms with E-state index in [1.807, 2.05) is 4.90 Å². The van der Waals surface area contributed by atoms with E-state index < -0.39 is 0 Å². The van der Waals surface area contributed by atoms with Crippen LogP contribution in [-0.2, 0) is 4.79 Å². The maximum Gasteiger partial charge on any atom is 0.254 e. The van der Waals surface area contributed by atoms with Gasteiger partial charge in [0.1, 0.15) is 5.82 Å². The molecule has 5 nitrogen and oxygen atoms in total. The molecule has 1 saturated carbocycles. The number of carbonyl (C=O) groups is 2. The van der Waals surface area contributed by atoms with Crippen LogP contribution in [0.5, 0.6) is 0 Å². The molecule has 1 atom stereocenters. The van der Waals surface area contributed by atoms with Crippen molar-refractivity contribution in [1.29, 1.82) is 0 Å². The molecule has 1 aliphatic heterocycles. The maximum absolute atomic E-state index is 13.2. The molecular weight excluding hydrogens is 357 g/mol. The summed E-state index contributed by atoms with van der Waals surface area (Å²) in [6.07, 6.45) is 8.46. The van der Waals surface area contributed by atoms with Gasteiger partial charge in [0.05, 0.1) is 5.92 Å². The van der Waals surface area contributed by atoms with Crippen LogP contribution in [0.15, 0.2) is 48.8 Å². The molecule has 1 N–H and O–H groups in total. The van der Waals surface area contributed by atoms with Gasteiger partial charge in [-0.25, -0.2) is 4.39 Å². The minimum Gasteiger partial charge on any atom is -0.337 e. The number of likely N-dealkylation sites (tertiary alicyclic amines) is 1. The second kappa shape index (κ2) is 7.70. The van der Waals surface area contributed by atoms with Crippen LogP contribution < -0.4 is 5.32 Å². The lowest BCUT2D eigenvalue weighted by molar-refractivity contribution is -0.123. The van der Waals surface area contributed by atoms with Gasteiger partial charge in [-0.05, 0) is 49.2 Å². The average molecular weight is 381 g/mol. The number of halogens is 1. The standard InChI is InChI=1S/C22H24FN3O2/c23-17-4-6-18(7-5-17)25-20(27)19-14-26(15-22(19)10-2-1-3-11-22)21(28)16-8-12-24-13-9-16/h4-9,12-13,19H,1-3,10-11,14-15H2,(H,25,27)/t19-/m1/s1. The number of benzene rings is 1. The van der Waals surface area contributed by atoms with Crippen molar-refractivity contribution in [2.45, 2.75) is 32.1 Å². The molecule has 1 aliphatic carbocycles. The van der Waals surface area contributed by atoms with E-state index in [9.17, 15) is 14.0 Å². The van der Waals surface area contributed by atoms with E-state index in [1.165, 1.54) is 18.6 Å². The van der Waals surface area contributed by atoms with Crippen LogP contribution in [0, 0.1) is 17.2 Å². The summed E-state index contributed by atoms with van der Waals surface area (Å²) in [7, 11) is 0. The van der Waals surface area contributed by atoms with Gasteiger partial charge in [-0.15, -0.1) is 0 Å². The highest BCUT2D eigenvalue weighted by molar-refractivity contribution is 5.97. The lowest BCUT2D eigenvalue weighted by Gasteiger charge is -2.37. The Hall–Kier alpha value is -2.76. The molecule has 6 heteroatoms. The Labute approximate surface area is 164 Å². The third-order valence-electron chi connectivity index (χ3n) is 6.14. The SMILES string of the molecule is O=C(Nc1ccc(F)cc1)[C@H]1CN(C(=O)c2ccncc2)CC12CCCCC2. The Morgan fingerprint density at radius 3 is 2.39 bits per heavy atom. The molecule has 28 heavy (non-hydrogen) atoms. The number of aromatic nitrogens is 1. The van der Waals surface area contributed by atoms with E-state index in [0.717, 1.165) is 25.7 Å². The highest BCUT2D eigenvalue weighted by Gasteiger charge is 2.51. The fraction of sp³-hybridized carbons (Fsp3) is 0.409. The quantitative estimate of drug-likeness (QED) is 0.878. The zero-order valence-electron chi connectivity index (χ0n) is 15.7. The van der Waals surface area contributed by atoms with E-state index in [2.05, 4.69) is 10.3 Å². The van der Waals surface area contributed by atoms with E-state index in [4.69, 9.17) is 0 Å². The van der Waals surface area contributed by atoms with Crippen LogP contribution in [0.1, 0.15) is 42.5 Å². The Balaban J connectivity index is 1.56. The molecule has 1 saturated heterocycles. The number of hydrogen-bond donors (Lipinski definition) is 1. The molecule has 2 aliphatic rings. The topological polar surface area (TPSA) is 62.3 Å². The number of nitrogens with one attached hydrogen (secondary N) is 1. The lowest BCUT2D eigenvalue weighted by Crippen LogP contribution is -2.39. The van der Waals surface area contributed by atoms with Gasteiger partial charge in [-0.3, -0.25) is 14.6 Å². The van der Waals surface area contributed by atoms with Gasteiger partial charge >= 0.3 is 0 Å². The fourth-order valence-electron chi connectivity index (χ4n) is 4.69. The number of rotatable bonds is 3. The molecule has 2 fully saturated rings. The molecular formula is C22H24FN3O2. The van der Waals surface area contributed by atoms with Crippen molar-refractivity contribution < 1.29 is 14.0 Å². The highest BCUT2D eigenvalue weighted by Crippen LogP contribution is 2.48. The third-order valence-corrected chi connectivity index (χ3v) is 6.14. The first-order valence-electron chi connectivity index (χ1n) is 9.83. The van der Waals surface area contributed by atoms with Crippen LogP contribution >= 0.6 is 0 Å². The molecule has 1 aromatic carbocycles. The second-order valence-corrected chi connectivity index (χ2v) is 7.89. The highest BCUT2D eigenvalue weighted by atomic mass is 19.1. The van der Waals surface area contributed by atoms with E-state index >= 15 is 0 Å². The summed E-state index contributed by atoms with van der Waals surface area (Å²) in [6.45, 7) is 1.02. The zero-order valence-corrected chi connectivity index (χ0v) is 15.7. The Kier molecular flexibility index (Phi) is 5.11. The predicted octanol–water partition coefficient (Wildman–Crippen LogP) is 3.88. The van der Waals surface area contributed by atoms with Crippen LogP contribution in [0.25, 0.3) is 0 Å². The van der Waals surface area contributed by atoms with Gasteiger partial charge in [-0.2, -0.15) is 0 Å². The zero-order chi connectivity index (χ0) is 19.6. The summed E-state index contributed by atoms with van der Waals surface area (Å²) in [5, 5.41) is 2.93. The van der Waals surface area contributed by atoms with Crippen LogP contribution in [0.3, 0.4) is 0 Å². The van der Waals surface area contributed by atoms with Gasteiger partial charge < -0.3 is 10.2 Å². The van der Waals surface area contributed by atoms with Crippen molar-refractivity contribution in [2.24, 2.45) is 11.3 Å². The Morgan fingerprint density at radius 2 is 1.71 bits per heavy atom. The summed E-state index contributed by atoms with van der Waals surface area (Å²) in [5.41, 5.74) is 1.00. The van der Waals surface area contributed by atoms with Crippen molar-refractivity contribution in [3.05, 3.63) is 60.2 Å². The van der Waals surface area contributed by atoms with Gasteiger partial charge in [0.2, 0.25) is 5.91 Å². The van der Waals surface area contributed by atoms with Crippen LogP contribution in [0.2, 0.25) is 0 Å². The second-order valence-electron chi connectivity index (χ2n) is 7.89. The fourth-order valence-corrected chi connectivity index (χ4v) is 4.69. The van der Waals surface area contributed by atoms with E-state index in [0.29, 0.717) is 24.3 Å². The molecule has 1 spiro atoms. The molecule has 4 rings (SSSR count). The van der Waals surface area contributed by atoms with Gasteiger partial charge in [0.15, 0.2) is 0 Å². The normalized spacial score (nSPS) is 20.9. The number of amides is 2. The van der Waals surface area contributed by atoms with Crippen molar-refractivity contribution in [3.8, 4) is 0 Å². The average Bonchev–Trinajstić information content (AvgIpc) is 3.09. The Bertz CT molecular complexity index is 848. The third kappa shape index (κ3) is 3.63. The largest absolute Gasteiger partial charge is 0.337 e. The molecule has 146 valence electrons. The van der Waals surface area contributed by atoms with Gasteiger partial charge in [0, 0.05) is 42.1 Å². The molecule has 0 unspecified atom stereocenters. The first-order chi connectivity index (χ1) is 13.6. The summed E-state index contributed by atoms with van der Waals surface area (Å²) in [6, 6.07) is 9.22. The van der Waals surface area contributed by atoms with Crippen LogP contribution in [0.4, 0.5) is 10.1 Å². The van der Waals surface area contributed by atoms with Crippen molar-refractivity contribution >= 4 is 17.5 Å². The number of carbonyl (C=O) groups excluding carboxylic acids is 2. The predicted molar refractivity (Wildman–Crippen MR) is 104 cm³/mol. The Morgan fingerprint density at radius 1 is 1.04 bits per heavy atom. The monoisotopic (exact) mass is 381 g/mol. The van der Waals surface area contributed by atoms with Gasteiger partial charge in [-0.1, -0.05) is 19.3 Å². The number of nitrogens with zero attached hydrogens (tertiary/aromatic N) is 2. The minimum absolute atomic E-state index is 0.0515. The number of pyridine rings is 1. The number of anilines is 1. The molecule has 0 bridgehead atoms. The van der Waals surface area contributed by atoms with Crippen molar-refractivity contribution in [3.63, 3.8) is 0 Å². The summed E-state index contributed by atoms with van der Waals surface area (Å²) in [4.78, 5) is 31.9. The van der Waals surface area contributed by atoms with E-state index in [-0.39, 0.29) is 29.0 Å². The van der Waals surface area contributed by atoms with Gasteiger partial charge in [0.25, 0.3) is 5.91 Å². The minimum atomic E-state index is -0.336. The summed E-state index contributed by atoms with van der Waals surface area (Å²) in [5.74, 6) is -0.733. The molecule has 2 amide bonds. The molecule has 2 aromatic rings. The maximum atomic E-state index is 13.2. The lowest BCUT2D eigenvalue weighted by atomic mass is 9.67. The van der Waals surface area contributed by atoms with E-state index in [1.54, 1.807) is 36.7 Å².